The third kappa shape index (κ3) is 3.35. The van der Waals surface area contributed by atoms with Crippen LogP contribution in [0.5, 0.6) is 0 Å². The Morgan fingerprint density at radius 1 is 1.17 bits per heavy atom. The van der Waals surface area contributed by atoms with Gasteiger partial charge >= 0.3 is 0 Å². The van der Waals surface area contributed by atoms with Gasteiger partial charge in [-0.15, -0.1) is 0 Å². The van der Waals surface area contributed by atoms with Crippen molar-refractivity contribution in [3.63, 3.8) is 0 Å². The molecule has 1 N–H and O–H groups in total. The van der Waals surface area contributed by atoms with Gasteiger partial charge in [0.15, 0.2) is 0 Å². The summed E-state index contributed by atoms with van der Waals surface area (Å²) >= 11 is 0. The summed E-state index contributed by atoms with van der Waals surface area (Å²) < 4.78 is 6.19. The lowest BCUT2D eigenvalue weighted by atomic mass is 9.97. The van der Waals surface area contributed by atoms with E-state index in [9.17, 15) is 0 Å². The summed E-state index contributed by atoms with van der Waals surface area (Å²) in [4.78, 5) is 11.0. The molecule has 1 aromatic carbocycles. The van der Waals surface area contributed by atoms with Crippen molar-refractivity contribution in [1.29, 1.82) is 0 Å². The molecule has 0 amide bonds. The molecule has 23 heavy (non-hydrogen) atoms. The van der Waals surface area contributed by atoms with Crippen LogP contribution in [0.4, 0.5) is 5.95 Å². The van der Waals surface area contributed by atoms with E-state index in [2.05, 4.69) is 50.5 Å². The zero-order valence-electron chi connectivity index (χ0n) is 13.2. The van der Waals surface area contributed by atoms with E-state index in [1.54, 1.807) is 12.4 Å². The Labute approximate surface area is 136 Å². The van der Waals surface area contributed by atoms with Crippen molar-refractivity contribution in [2.24, 2.45) is 0 Å². The van der Waals surface area contributed by atoms with Crippen molar-refractivity contribution in [2.75, 3.05) is 25.0 Å². The van der Waals surface area contributed by atoms with Crippen LogP contribution in [0.1, 0.15) is 18.4 Å². The Balaban J connectivity index is 1.34. The fourth-order valence-corrected chi connectivity index (χ4v) is 3.68. The molecule has 4 rings (SSSR count). The smallest absolute Gasteiger partial charge is 0.222 e. The molecule has 5 nitrogen and oxygen atoms in total. The number of ether oxygens (including phenoxy) is 1. The average Bonchev–Trinajstić information content (AvgIpc) is 3.16. The van der Waals surface area contributed by atoms with Gasteiger partial charge in [-0.2, -0.15) is 0 Å². The first-order chi connectivity index (χ1) is 11.3. The second kappa shape index (κ2) is 6.26. The predicted octanol–water partition coefficient (Wildman–Crippen LogP) is 2.32. The first kappa shape index (κ1) is 14.6. The largest absolute Gasteiger partial charge is 0.371 e. The van der Waals surface area contributed by atoms with Crippen molar-refractivity contribution in [2.45, 2.75) is 31.0 Å². The number of hydrogen-bond acceptors (Lipinski definition) is 5. The van der Waals surface area contributed by atoms with Gasteiger partial charge in [-0.1, -0.05) is 30.3 Å². The molecule has 2 aromatic rings. The van der Waals surface area contributed by atoms with Gasteiger partial charge in [-0.05, 0) is 18.1 Å². The van der Waals surface area contributed by atoms with Gasteiger partial charge in [0.05, 0.1) is 18.2 Å². The monoisotopic (exact) mass is 310 g/mol. The molecule has 1 aromatic heterocycles. The number of anilines is 1. The average molecular weight is 310 g/mol. The van der Waals surface area contributed by atoms with Crippen LogP contribution in [0, 0.1) is 0 Å². The Bertz CT molecular complexity index is 576. The minimum Gasteiger partial charge on any atom is -0.371 e. The normalized spacial score (nSPS) is 27.6. The molecule has 0 radical (unpaired) electrons. The Morgan fingerprint density at radius 2 is 2.00 bits per heavy atom. The van der Waals surface area contributed by atoms with Crippen LogP contribution < -0.4 is 5.32 Å². The number of nitrogens with one attached hydrogen (secondary N) is 1. The van der Waals surface area contributed by atoms with Crippen LogP contribution in [0.25, 0.3) is 0 Å². The van der Waals surface area contributed by atoms with Gasteiger partial charge < -0.3 is 10.1 Å². The summed E-state index contributed by atoms with van der Waals surface area (Å²) in [7, 11) is 0. The molecular formula is C18H22N4O. The highest BCUT2D eigenvalue weighted by Gasteiger charge is 2.45. The third-order valence-corrected chi connectivity index (χ3v) is 4.75. The number of rotatable bonds is 4. The van der Waals surface area contributed by atoms with E-state index in [-0.39, 0.29) is 5.60 Å². The fraction of sp³-hybridized carbons (Fsp3) is 0.444. The number of benzene rings is 1. The van der Waals surface area contributed by atoms with Gasteiger partial charge in [0.2, 0.25) is 5.95 Å². The molecule has 2 saturated heterocycles. The van der Waals surface area contributed by atoms with Crippen LogP contribution in [-0.4, -0.2) is 46.2 Å². The molecule has 5 heteroatoms. The van der Waals surface area contributed by atoms with Crippen molar-refractivity contribution in [3.05, 3.63) is 54.4 Å². The summed E-state index contributed by atoms with van der Waals surface area (Å²) in [6.07, 6.45) is 5.65. The Kier molecular flexibility index (Phi) is 3.97. The number of likely N-dealkylation sites (tertiary alicyclic amines) is 1. The van der Waals surface area contributed by atoms with E-state index in [1.807, 2.05) is 6.07 Å². The topological polar surface area (TPSA) is 50.3 Å². The molecule has 3 heterocycles. The van der Waals surface area contributed by atoms with E-state index in [0.717, 1.165) is 39.1 Å². The number of aromatic nitrogens is 2. The van der Waals surface area contributed by atoms with Gasteiger partial charge in [0, 0.05) is 38.4 Å². The van der Waals surface area contributed by atoms with Gasteiger partial charge in [0.25, 0.3) is 0 Å². The molecule has 0 bridgehead atoms. The Morgan fingerprint density at radius 3 is 2.83 bits per heavy atom. The zero-order chi connectivity index (χ0) is 15.5. The van der Waals surface area contributed by atoms with Crippen LogP contribution >= 0.6 is 0 Å². The number of hydrogen-bond donors (Lipinski definition) is 1. The second-order valence-electron chi connectivity index (χ2n) is 6.56. The van der Waals surface area contributed by atoms with Crippen LogP contribution in [0.2, 0.25) is 0 Å². The molecule has 0 aliphatic carbocycles. The van der Waals surface area contributed by atoms with Gasteiger partial charge in [0.1, 0.15) is 0 Å². The van der Waals surface area contributed by atoms with E-state index in [0.29, 0.717) is 12.0 Å². The first-order valence-electron chi connectivity index (χ1n) is 8.25. The minimum atomic E-state index is 0.00122. The van der Waals surface area contributed by atoms with Crippen LogP contribution in [0.15, 0.2) is 48.8 Å². The zero-order valence-corrected chi connectivity index (χ0v) is 13.2. The maximum absolute atomic E-state index is 6.19. The molecule has 2 aliphatic rings. The molecule has 2 fully saturated rings. The molecule has 2 unspecified atom stereocenters. The van der Waals surface area contributed by atoms with Crippen LogP contribution in [-0.2, 0) is 11.3 Å². The van der Waals surface area contributed by atoms with Crippen molar-refractivity contribution < 1.29 is 4.74 Å². The molecule has 2 atom stereocenters. The van der Waals surface area contributed by atoms with Gasteiger partial charge in [-0.3, -0.25) is 4.90 Å². The highest BCUT2D eigenvalue weighted by atomic mass is 16.5. The summed E-state index contributed by atoms with van der Waals surface area (Å²) in [5, 5.41) is 3.39. The molecule has 0 saturated carbocycles. The fourth-order valence-electron chi connectivity index (χ4n) is 3.68. The van der Waals surface area contributed by atoms with Crippen LogP contribution in [0.3, 0.4) is 0 Å². The number of nitrogens with zero attached hydrogens (tertiary/aromatic N) is 3. The molecule has 1 spiro atoms. The standard InChI is InChI=1S/C18H22N4O/c1-2-5-15(6-3-1)12-22-10-7-18(14-22)11-16(13-23-18)21-17-19-8-4-9-20-17/h1-6,8-9,16H,7,10-14H2,(H,19,20,21). The van der Waals surface area contributed by atoms with E-state index >= 15 is 0 Å². The lowest BCUT2D eigenvalue weighted by molar-refractivity contribution is 0.0120. The maximum atomic E-state index is 6.19. The van der Waals surface area contributed by atoms with Crippen molar-refractivity contribution in [1.82, 2.24) is 14.9 Å². The predicted molar refractivity (Wildman–Crippen MR) is 89.1 cm³/mol. The molecular weight excluding hydrogens is 288 g/mol. The highest BCUT2D eigenvalue weighted by molar-refractivity contribution is 5.25. The van der Waals surface area contributed by atoms with E-state index in [4.69, 9.17) is 4.74 Å². The molecule has 2 aliphatic heterocycles. The third-order valence-electron chi connectivity index (χ3n) is 4.75. The Hall–Kier alpha value is -1.98. The first-order valence-corrected chi connectivity index (χ1v) is 8.25. The minimum absolute atomic E-state index is 0.00122. The highest BCUT2D eigenvalue weighted by Crippen LogP contribution is 2.36. The second-order valence-corrected chi connectivity index (χ2v) is 6.56. The summed E-state index contributed by atoms with van der Waals surface area (Å²) in [5.41, 5.74) is 1.37. The van der Waals surface area contributed by atoms with Gasteiger partial charge in [-0.25, -0.2) is 9.97 Å². The lowest BCUT2D eigenvalue weighted by Crippen LogP contribution is -2.33. The van der Waals surface area contributed by atoms with Crippen molar-refractivity contribution in [3.8, 4) is 0 Å². The summed E-state index contributed by atoms with van der Waals surface area (Å²) in [6.45, 7) is 3.85. The van der Waals surface area contributed by atoms with E-state index < -0.39 is 0 Å². The quantitative estimate of drug-likeness (QED) is 0.939. The summed E-state index contributed by atoms with van der Waals surface area (Å²) in [6, 6.07) is 12.8. The maximum Gasteiger partial charge on any atom is 0.222 e. The molecule has 120 valence electrons. The summed E-state index contributed by atoms with van der Waals surface area (Å²) in [5.74, 6) is 0.692. The SMILES string of the molecule is c1ccc(CN2CCC3(CC(Nc4ncccn4)CO3)C2)cc1. The van der Waals surface area contributed by atoms with E-state index in [1.165, 1.54) is 5.56 Å². The lowest BCUT2D eigenvalue weighted by Gasteiger charge is -2.23. The van der Waals surface area contributed by atoms with Crippen molar-refractivity contribution >= 4 is 5.95 Å².